The molecular formula is C17H12ClNOS3. The second-order valence-corrected chi connectivity index (χ2v) is 8.04. The average Bonchev–Trinajstić information content (AvgIpc) is 2.85. The maximum Gasteiger partial charge on any atom is 0.263 e. The van der Waals surface area contributed by atoms with Crippen molar-refractivity contribution in [2.24, 2.45) is 0 Å². The Balaban J connectivity index is 1.70. The molecule has 1 saturated heterocycles. The number of hydrogen-bond donors (Lipinski definition) is 1. The van der Waals surface area contributed by atoms with Crippen molar-refractivity contribution in [3.63, 3.8) is 0 Å². The van der Waals surface area contributed by atoms with Crippen molar-refractivity contribution < 1.29 is 4.79 Å². The summed E-state index contributed by atoms with van der Waals surface area (Å²) in [6.45, 7) is 0. The predicted molar refractivity (Wildman–Crippen MR) is 104 cm³/mol. The summed E-state index contributed by atoms with van der Waals surface area (Å²) >= 11 is 13.9. The van der Waals surface area contributed by atoms with Crippen LogP contribution in [0, 0.1) is 0 Å². The largest absolute Gasteiger partial charge is 0.307 e. The SMILES string of the molecule is O=C1NC(=S)SC1=Cc1cccc(CSc2ccc(Cl)cc2)c1. The molecule has 1 heterocycles. The fourth-order valence-electron chi connectivity index (χ4n) is 2.04. The van der Waals surface area contributed by atoms with Crippen molar-refractivity contribution in [1.82, 2.24) is 5.32 Å². The average molecular weight is 378 g/mol. The quantitative estimate of drug-likeness (QED) is 0.455. The Morgan fingerprint density at radius 1 is 1.22 bits per heavy atom. The summed E-state index contributed by atoms with van der Waals surface area (Å²) in [5, 5.41) is 3.37. The number of thiocarbonyl (C=S) groups is 1. The van der Waals surface area contributed by atoms with Gasteiger partial charge in [0.05, 0.1) is 4.91 Å². The Kier molecular flexibility index (Phi) is 5.43. The van der Waals surface area contributed by atoms with Gasteiger partial charge in [0.25, 0.3) is 5.91 Å². The lowest BCUT2D eigenvalue weighted by Gasteiger charge is -2.04. The molecule has 0 bridgehead atoms. The third-order valence-corrected chi connectivity index (χ3v) is 5.61. The minimum atomic E-state index is -0.124. The highest BCUT2D eigenvalue weighted by Gasteiger charge is 2.21. The summed E-state index contributed by atoms with van der Waals surface area (Å²) in [7, 11) is 0. The number of amides is 1. The molecule has 1 amide bonds. The summed E-state index contributed by atoms with van der Waals surface area (Å²) in [6.07, 6.45) is 1.87. The molecule has 1 aliphatic rings. The lowest BCUT2D eigenvalue weighted by molar-refractivity contribution is -0.115. The van der Waals surface area contributed by atoms with Crippen molar-refractivity contribution in [2.75, 3.05) is 0 Å². The molecule has 0 spiro atoms. The molecule has 2 aromatic carbocycles. The van der Waals surface area contributed by atoms with E-state index in [4.69, 9.17) is 23.8 Å². The van der Waals surface area contributed by atoms with Crippen LogP contribution in [0.5, 0.6) is 0 Å². The van der Waals surface area contributed by atoms with E-state index in [-0.39, 0.29) is 5.91 Å². The monoisotopic (exact) mass is 377 g/mol. The molecule has 0 unspecified atom stereocenters. The molecule has 116 valence electrons. The number of carbonyl (C=O) groups is 1. The molecule has 1 aliphatic heterocycles. The van der Waals surface area contributed by atoms with Crippen LogP contribution < -0.4 is 5.32 Å². The van der Waals surface area contributed by atoms with Crippen LogP contribution >= 0.6 is 47.3 Å². The van der Waals surface area contributed by atoms with E-state index >= 15 is 0 Å². The predicted octanol–water partition coefficient (Wildman–Crippen LogP) is 5.12. The van der Waals surface area contributed by atoms with Gasteiger partial charge in [-0.2, -0.15) is 0 Å². The molecule has 2 nitrogen and oxygen atoms in total. The summed E-state index contributed by atoms with van der Waals surface area (Å²) in [6, 6.07) is 16.0. The minimum Gasteiger partial charge on any atom is -0.307 e. The van der Waals surface area contributed by atoms with Crippen molar-refractivity contribution >= 4 is 63.6 Å². The lowest BCUT2D eigenvalue weighted by atomic mass is 10.1. The van der Waals surface area contributed by atoms with Crippen LogP contribution in [0.15, 0.2) is 58.3 Å². The molecule has 3 rings (SSSR count). The second kappa shape index (κ2) is 7.53. The molecule has 1 N–H and O–H groups in total. The van der Waals surface area contributed by atoms with Gasteiger partial charge in [-0.1, -0.05) is 59.8 Å². The highest BCUT2D eigenvalue weighted by atomic mass is 35.5. The van der Waals surface area contributed by atoms with Gasteiger partial charge in [0.2, 0.25) is 0 Å². The molecule has 1 fully saturated rings. The zero-order chi connectivity index (χ0) is 16.2. The van der Waals surface area contributed by atoms with Gasteiger partial charge in [0, 0.05) is 15.7 Å². The molecule has 0 atom stereocenters. The van der Waals surface area contributed by atoms with Gasteiger partial charge in [-0.05, 0) is 41.5 Å². The number of benzene rings is 2. The van der Waals surface area contributed by atoms with Crippen molar-refractivity contribution in [1.29, 1.82) is 0 Å². The number of nitrogens with one attached hydrogen (secondary N) is 1. The molecular weight excluding hydrogens is 366 g/mol. The van der Waals surface area contributed by atoms with E-state index in [2.05, 4.69) is 17.4 Å². The molecule has 23 heavy (non-hydrogen) atoms. The van der Waals surface area contributed by atoms with E-state index in [1.54, 1.807) is 11.8 Å². The topological polar surface area (TPSA) is 29.1 Å². The van der Waals surface area contributed by atoms with Crippen molar-refractivity contribution in [3.8, 4) is 0 Å². The number of thioether (sulfide) groups is 2. The fourth-order valence-corrected chi connectivity index (χ4v) is 4.05. The Bertz CT molecular complexity index is 787. The smallest absolute Gasteiger partial charge is 0.263 e. The zero-order valence-corrected chi connectivity index (χ0v) is 15.1. The van der Waals surface area contributed by atoms with Gasteiger partial charge in [-0.3, -0.25) is 4.79 Å². The minimum absolute atomic E-state index is 0.124. The van der Waals surface area contributed by atoms with Gasteiger partial charge < -0.3 is 5.32 Å². The first-order valence-electron chi connectivity index (χ1n) is 6.82. The first kappa shape index (κ1) is 16.6. The molecule has 0 aromatic heterocycles. The summed E-state index contributed by atoms with van der Waals surface area (Å²) < 4.78 is 0.510. The number of carbonyl (C=O) groups excluding carboxylic acids is 1. The van der Waals surface area contributed by atoms with Crippen LogP contribution in [0.1, 0.15) is 11.1 Å². The van der Waals surface area contributed by atoms with E-state index in [9.17, 15) is 4.79 Å². The van der Waals surface area contributed by atoms with Gasteiger partial charge >= 0.3 is 0 Å². The van der Waals surface area contributed by atoms with E-state index in [1.165, 1.54) is 22.2 Å². The van der Waals surface area contributed by atoms with Crippen LogP contribution in [0.4, 0.5) is 0 Å². The first-order chi connectivity index (χ1) is 11.1. The van der Waals surface area contributed by atoms with E-state index in [1.807, 2.05) is 42.5 Å². The third-order valence-electron chi connectivity index (χ3n) is 3.11. The van der Waals surface area contributed by atoms with Crippen LogP contribution in [0.3, 0.4) is 0 Å². The fraction of sp³-hybridized carbons (Fsp3) is 0.0588. The van der Waals surface area contributed by atoms with Crippen LogP contribution in [-0.4, -0.2) is 10.2 Å². The normalized spacial score (nSPS) is 16.0. The molecule has 0 radical (unpaired) electrons. The van der Waals surface area contributed by atoms with Gasteiger partial charge in [-0.25, -0.2) is 0 Å². The van der Waals surface area contributed by atoms with E-state index in [0.29, 0.717) is 9.23 Å². The molecule has 2 aromatic rings. The molecule has 0 aliphatic carbocycles. The first-order valence-corrected chi connectivity index (χ1v) is 9.41. The summed E-state index contributed by atoms with van der Waals surface area (Å²) in [5.74, 6) is 0.733. The molecule has 6 heteroatoms. The Morgan fingerprint density at radius 3 is 2.70 bits per heavy atom. The second-order valence-electron chi connectivity index (χ2n) is 4.84. The van der Waals surface area contributed by atoms with Gasteiger partial charge in [0.15, 0.2) is 0 Å². The van der Waals surface area contributed by atoms with E-state index in [0.717, 1.165) is 16.3 Å². The highest BCUT2D eigenvalue weighted by molar-refractivity contribution is 8.26. The number of rotatable bonds is 4. The summed E-state index contributed by atoms with van der Waals surface area (Å²) in [4.78, 5) is 13.5. The van der Waals surface area contributed by atoms with E-state index < -0.39 is 0 Å². The third kappa shape index (κ3) is 4.61. The number of halogens is 1. The lowest BCUT2D eigenvalue weighted by Crippen LogP contribution is -2.17. The van der Waals surface area contributed by atoms with Crippen LogP contribution in [0.25, 0.3) is 6.08 Å². The van der Waals surface area contributed by atoms with Crippen molar-refractivity contribution in [3.05, 3.63) is 69.6 Å². The van der Waals surface area contributed by atoms with Gasteiger partial charge in [0.1, 0.15) is 4.32 Å². The summed E-state index contributed by atoms with van der Waals surface area (Å²) in [5.41, 5.74) is 2.20. The van der Waals surface area contributed by atoms with Crippen LogP contribution in [0.2, 0.25) is 5.02 Å². The maximum absolute atomic E-state index is 11.7. The Labute approximate surface area is 153 Å². The van der Waals surface area contributed by atoms with Gasteiger partial charge in [-0.15, -0.1) is 11.8 Å². The van der Waals surface area contributed by atoms with Crippen LogP contribution in [-0.2, 0) is 10.5 Å². The number of hydrogen-bond acceptors (Lipinski definition) is 4. The molecule has 0 saturated carbocycles. The Hall–Kier alpha value is -1.27. The Morgan fingerprint density at radius 2 is 2.00 bits per heavy atom. The highest BCUT2D eigenvalue weighted by Crippen LogP contribution is 2.28. The van der Waals surface area contributed by atoms with Crippen molar-refractivity contribution in [2.45, 2.75) is 10.6 Å². The maximum atomic E-state index is 11.7. The zero-order valence-electron chi connectivity index (χ0n) is 11.9. The standard InChI is InChI=1S/C17H12ClNOS3/c18-13-4-6-14(7-5-13)22-10-12-3-1-2-11(8-12)9-15-16(20)19-17(21)23-15/h1-9H,10H2,(H,19,20,21).